The van der Waals surface area contributed by atoms with Crippen molar-refractivity contribution in [1.29, 1.82) is 0 Å². The van der Waals surface area contributed by atoms with E-state index < -0.39 is 5.82 Å². The van der Waals surface area contributed by atoms with Crippen molar-refractivity contribution in [3.8, 4) is 11.4 Å². The molecule has 0 saturated heterocycles. The van der Waals surface area contributed by atoms with Crippen LogP contribution in [0.3, 0.4) is 0 Å². The van der Waals surface area contributed by atoms with Gasteiger partial charge in [-0.05, 0) is 31.3 Å². The standard InChI is InChI=1S/C20H20ClFN4OS/c1-13-6-8-14(9-7-13)19-23-24-20(28)26(19)11-10-18(27)25(2)12-15-16(21)4-3-5-17(15)22/h3-9H,10-12H2,1-2H3,(H,24,28). The summed E-state index contributed by atoms with van der Waals surface area (Å²) in [5.74, 6) is 0.112. The van der Waals surface area contributed by atoms with E-state index in [1.54, 1.807) is 17.7 Å². The van der Waals surface area contributed by atoms with Gasteiger partial charge in [0.25, 0.3) is 0 Å². The third-order valence-electron chi connectivity index (χ3n) is 4.50. The third-order valence-corrected chi connectivity index (χ3v) is 5.17. The smallest absolute Gasteiger partial charge is 0.224 e. The van der Waals surface area contributed by atoms with Crippen LogP contribution in [0.25, 0.3) is 11.4 Å². The molecule has 3 aromatic rings. The SMILES string of the molecule is Cc1ccc(-c2n[nH]c(=S)n2CCC(=O)N(C)Cc2c(F)cccc2Cl)cc1. The van der Waals surface area contributed by atoms with Gasteiger partial charge in [0.1, 0.15) is 5.82 Å². The van der Waals surface area contributed by atoms with Crippen LogP contribution < -0.4 is 0 Å². The molecule has 0 aliphatic rings. The van der Waals surface area contributed by atoms with Crippen LogP contribution in [0, 0.1) is 17.5 Å². The zero-order valence-corrected chi connectivity index (χ0v) is 17.1. The molecule has 1 amide bonds. The molecule has 146 valence electrons. The highest BCUT2D eigenvalue weighted by Gasteiger charge is 2.16. The zero-order chi connectivity index (χ0) is 20.3. The molecule has 0 aliphatic carbocycles. The lowest BCUT2D eigenvalue weighted by Crippen LogP contribution is -2.27. The number of nitrogens with one attached hydrogen (secondary N) is 1. The highest BCUT2D eigenvalue weighted by Crippen LogP contribution is 2.21. The number of rotatable bonds is 6. The second-order valence-corrected chi connectivity index (χ2v) is 7.36. The molecule has 0 fully saturated rings. The number of aryl methyl sites for hydroxylation is 1. The van der Waals surface area contributed by atoms with Crippen molar-refractivity contribution in [3.63, 3.8) is 0 Å². The summed E-state index contributed by atoms with van der Waals surface area (Å²) in [6.45, 7) is 2.48. The largest absolute Gasteiger partial charge is 0.341 e. The minimum Gasteiger partial charge on any atom is -0.341 e. The summed E-state index contributed by atoms with van der Waals surface area (Å²) in [6.07, 6.45) is 0.204. The van der Waals surface area contributed by atoms with E-state index in [0.717, 1.165) is 11.1 Å². The Balaban J connectivity index is 1.70. The fraction of sp³-hybridized carbons (Fsp3) is 0.250. The highest BCUT2D eigenvalue weighted by molar-refractivity contribution is 7.71. The number of carbonyl (C=O) groups is 1. The first-order valence-electron chi connectivity index (χ1n) is 8.76. The summed E-state index contributed by atoms with van der Waals surface area (Å²) in [4.78, 5) is 14.0. The number of aromatic amines is 1. The molecule has 1 N–H and O–H groups in total. The van der Waals surface area contributed by atoms with E-state index in [1.165, 1.54) is 17.0 Å². The van der Waals surface area contributed by atoms with Crippen molar-refractivity contribution in [1.82, 2.24) is 19.7 Å². The van der Waals surface area contributed by atoms with Gasteiger partial charge >= 0.3 is 0 Å². The summed E-state index contributed by atoms with van der Waals surface area (Å²) in [6, 6.07) is 12.4. The Morgan fingerprint density at radius 1 is 1.29 bits per heavy atom. The summed E-state index contributed by atoms with van der Waals surface area (Å²) >= 11 is 11.4. The molecule has 0 unspecified atom stereocenters. The number of aromatic nitrogens is 3. The normalized spacial score (nSPS) is 10.9. The molecule has 1 heterocycles. The van der Waals surface area contributed by atoms with Gasteiger partial charge in [-0.2, -0.15) is 5.10 Å². The molecule has 0 radical (unpaired) electrons. The number of H-pyrrole nitrogens is 1. The third kappa shape index (κ3) is 4.48. The van der Waals surface area contributed by atoms with Gasteiger partial charge in [0, 0.05) is 42.7 Å². The fourth-order valence-corrected chi connectivity index (χ4v) is 3.30. The van der Waals surface area contributed by atoms with Crippen LogP contribution in [-0.2, 0) is 17.9 Å². The Morgan fingerprint density at radius 2 is 2.00 bits per heavy atom. The molecule has 1 aromatic heterocycles. The number of halogens is 2. The topological polar surface area (TPSA) is 53.9 Å². The van der Waals surface area contributed by atoms with E-state index in [1.807, 2.05) is 31.2 Å². The molecule has 0 spiro atoms. The number of amides is 1. The first-order valence-corrected chi connectivity index (χ1v) is 9.54. The monoisotopic (exact) mass is 418 g/mol. The first-order chi connectivity index (χ1) is 13.4. The van der Waals surface area contributed by atoms with Crippen molar-refractivity contribution < 1.29 is 9.18 Å². The number of benzene rings is 2. The van der Waals surface area contributed by atoms with Crippen LogP contribution in [0.2, 0.25) is 5.02 Å². The number of carbonyl (C=O) groups excluding carboxylic acids is 1. The maximum absolute atomic E-state index is 14.0. The fourth-order valence-electron chi connectivity index (χ4n) is 2.86. The van der Waals surface area contributed by atoms with Crippen molar-refractivity contribution in [2.24, 2.45) is 0 Å². The lowest BCUT2D eigenvalue weighted by Gasteiger charge is -2.19. The van der Waals surface area contributed by atoms with Crippen molar-refractivity contribution in [2.75, 3.05) is 7.05 Å². The minimum absolute atomic E-state index is 0.103. The maximum atomic E-state index is 14.0. The van der Waals surface area contributed by atoms with E-state index in [9.17, 15) is 9.18 Å². The van der Waals surface area contributed by atoms with Gasteiger partial charge in [0.15, 0.2) is 10.6 Å². The Labute approximate surface area is 172 Å². The van der Waals surface area contributed by atoms with Crippen molar-refractivity contribution in [3.05, 3.63) is 69.2 Å². The van der Waals surface area contributed by atoms with Crippen LogP contribution in [0.4, 0.5) is 4.39 Å². The van der Waals surface area contributed by atoms with Gasteiger partial charge in [0.05, 0.1) is 0 Å². The molecule has 3 rings (SSSR count). The second-order valence-electron chi connectivity index (χ2n) is 6.57. The van der Waals surface area contributed by atoms with E-state index in [4.69, 9.17) is 23.8 Å². The molecule has 0 aliphatic heterocycles. The summed E-state index contributed by atoms with van der Waals surface area (Å²) < 4.78 is 16.2. The molecule has 5 nitrogen and oxygen atoms in total. The average molecular weight is 419 g/mol. The zero-order valence-electron chi connectivity index (χ0n) is 15.6. The van der Waals surface area contributed by atoms with Gasteiger partial charge in [-0.1, -0.05) is 47.5 Å². The predicted octanol–water partition coefficient (Wildman–Crippen LogP) is 4.76. The summed E-state index contributed by atoms with van der Waals surface area (Å²) in [5.41, 5.74) is 2.37. The predicted molar refractivity (Wildman–Crippen MR) is 110 cm³/mol. The summed E-state index contributed by atoms with van der Waals surface area (Å²) in [5, 5.41) is 7.37. The lowest BCUT2D eigenvalue weighted by molar-refractivity contribution is -0.130. The number of hydrogen-bond acceptors (Lipinski definition) is 3. The highest BCUT2D eigenvalue weighted by atomic mass is 35.5. The van der Waals surface area contributed by atoms with Gasteiger partial charge < -0.3 is 4.90 Å². The molecule has 8 heteroatoms. The number of hydrogen-bond donors (Lipinski definition) is 1. The van der Waals surface area contributed by atoms with E-state index in [0.29, 0.717) is 27.7 Å². The van der Waals surface area contributed by atoms with Crippen molar-refractivity contribution >= 4 is 29.7 Å². The van der Waals surface area contributed by atoms with Gasteiger partial charge in [-0.3, -0.25) is 14.5 Å². The molecular formula is C20H20ClFN4OS. The minimum atomic E-state index is -0.425. The maximum Gasteiger partial charge on any atom is 0.224 e. The first kappa shape index (κ1) is 20.2. The summed E-state index contributed by atoms with van der Waals surface area (Å²) in [7, 11) is 1.63. The molecule has 0 saturated carbocycles. The Kier molecular flexibility index (Phi) is 6.26. The lowest BCUT2D eigenvalue weighted by atomic mass is 10.1. The van der Waals surface area contributed by atoms with Crippen LogP contribution in [-0.4, -0.2) is 32.6 Å². The van der Waals surface area contributed by atoms with Crippen LogP contribution in [0.15, 0.2) is 42.5 Å². The van der Waals surface area contributed by atoms with Crippen molar-refractivity contribution in [2.45, 2.75) is 26.4 Å². The van der Waals surface area contributed by atoms with Crippen LogP contribution in [0.1, 0.15) is 17.5 Å². The molecule has 28 heavy (non-hydrogen) atoms. The van der Waals surface area contributed by atoms with Crippen LogP contribution in [0.5, 0.6) is 0 Å². The van der Waals surface area contributed by atoms with Gasteiger partial charge in [-0.25, -0.2) is 4.39 Å². The van der Waals surface area contributed by atoms with E-state index in [2.05, 4.69) is 10.2 Å². The van der Waals surface area contributed by atoms with Gasteiger partial charge in [0.2, 0.25) is 5.91 Å². The quantitative estimate of drug-likeness (QED) is 0.587. The molecule has 0 atom stereocenters. The second kappa shape index (κ2) is 8.67. The Bertz CT molecular complexity index is 1020. The average Bonchev–Trinajstić information content (AvgIpc) is 3.04. The van der Waals surface area contributed by atoms with E-state index in [-0.39, 0.29) is 18.9 Å². The molecular weight excluding hydrogens is 399 g/mol. The number of nitrogens with zero attached hydrogens (tertiary/aromatic N) is 3. The molecule has 0 bridgehead atoms. The van der Waals surface area contributed by atoms with Gasteiger partial charge in [-0.15, -0.1) is 0 Å². The Morgan fingerprint density at radius 3 is 2.68 bits per heavy atom. The van der Waals surface area contributed by atoms with Crippen LogP contribution >= 0.6 is 23.8 Å². The van der Waals surface area contributed by atoms with E-state index >= 15 is 0 Å². The molecule has 2 aromatic carbocycles. The Hall–Kier alpha value is -2.51.